The molecule has 0 aliphatic heterocycles. The Morgan fingerprint density at radius 3 is 2.88 bits per heavy atom. The summed E-state index contributed by atoms with van der Waals surface area (Å²) in [5, 5.41) is 0. The zero-order chi connectivity index (χ0) is 12.0. The van der Waals surface area contributed by atoms with Crippen LogP contribution in [0.1, 0.15) is 5.89 Å². The van der Waals surface area contributed by atoms with Crippen LogP contribution in [-0.2, 0) is 7.05 Å². The predicted molar refractivity (Wildman–Crippen MR) is 65.4 cm³/mol. The molecule has 0 spiro atoms. The first-order valence-electron chi connectivity index (χ1n) is 5.30. The van der Waals surface area contributed by atoms with Gasteiger partial charge in [0.2, 0.25) is 0 Å². The Balaban J connectivity index is 2.20. The number of aryl methyl sites for hydroxylation is 1. The Morgan fingerprint density at radius 1 is 1.35 bits per heavy atom. The average Bonchev–Trinajstić information content (AvgIpc) is 2.81. The van der Waals surface area contributed by atoms with Gasteiger partial charge in [-0.05, 0) is 18.2 Å². The summed E-state index contributed by atoms with van der Waals surface area (Å²) in [6.45, 7) is 1.84. The molecule has 2 aromatic heterocycles. The monoisotopic (exact) mass is 228 g/mol. The van der Waals surface area contributed by atoms with Crippen LogP contribution in [0.3, 0.4) is 0 Å². The Bertz CT molecular complexity index is 696. The van der Waals surface area contributed by atoms with Crippen molar-refractivity contribution in [2.45, 2.75) is 6.92 Å². The number of imidazole rings is 1. The zero-order valence-corrected chi connectivity index (χ0v) is 9.64. The maximum atomic E-state index is 5.71. The van der Waals surface area contributed by atoms with Gasteiger partial charge in [0.25, 0.3) is 0 Å². The molecule has 0 atom stereocenters. The number of hydrogen-bond acceptors (Lipinski definition) is 4. The van der Waals surface area contributed by atoms with Gasteiger partial charge in [-0.25, -0.2) is 9.97 Å². The van der Waals surface area contributed by atoms with Crippen molar-refractivity contribution < 1.29 is 4.42 Å². The predicted octanol–water partition coefficient (Wildman–Crippen LogP) is 2.12. The number of anilines is 1. The quantitative estimate of drug-likeness (QED) is 0.692. The molecule has 86 valence electrons. The summed E-state index contributed by atoms with van der Waals surface area (Å²) in [5.41, 5.74) is 9.34. The summed E-state index contributed by atoms with van der Waals surface area (Å²) in [6.07, 6.45) is 1.75. The summed E-state index contributed by atoms with van der Waals surface area (Å²) < 4.78 is 7.28. The van der Waals surface area contributed by atoms with E-state index in [1.54, 1.807) is 6.20 Å². The molecule has 0 radical (unpaired) electrons. The molecular weight excluding hydrogens is 216 g/mol. The second-order valence-corrected chi connectivity index (χ2v) is 3.98. The van der Waals surface area contributed by atoms with E-state index in [0.717, 1.165) is 22.4 Å². The number of nitrogen functional groups attached to an aromatic ring is 1. The number of oxazole rings is 1. The highest BCUT2D eigenvalue weighted by Gasteiger charge is 2.09. The van der Waals surface area contributed by atoms with Gasteiger partial charge in [0.05, 0.1) is 11.9 Å². The van der Waals surface area contributed by atoms with E-state index in [4.69, 9.17) is 10.2 Å². The first kappa shape index (κ1) is 9.89. The molecular formula is C12H12N4O. The third-order valence-electron chi connectivity index (χ3n) is 2.81. The van der Waals surface area contributed by atoms with Crippen molar-refractivity contribution in [3.05, 3.63) is 30.3 Å². The summed E-state index contributed by atoms with van der Waals surface area (Å²) in [6, 6.07) is 5.86. The summed E-state index contributed by atoms with van der Waals surface area (Å²) in [4.78, 5) is 8.38. The maximum Gasteiger partial charge on any atom is 0.200 e. The third kappa shape index (κ3) is 1.47. The number of nitrogens with two attached hydrogens (primary N) is 1. The van der Waals surface area contributed by atoms with Gasteiger partial charge in [-0.15, -0.1) is 0 Å². The molecule has 3 aromatic rings. The van der Waals surface area contributed by atoms with Gasteiger partial charge in [0.15, 0.2) is 17.4 Å². The number of benzene rings is 1. The SMILES string of the molecule is Cc1nc2cc(-c3cnc(N)n3C)ccc2o1. The van der Waals surface area contributed by atoms with Gasteiger partial charge in [-0.2, -0.15) is 0 Å². The highest BCUT2D eigenvalue weighted by Crippen LogP contribution is 2.25. The summed E-state index contributed by atoms with van der Waals surface area (Å²) in [5.74, 6) is 1.16. The molecule has 0 aliphatic rings. The lowest BCUT2D eigenvalue weighted by Gasteiger charge is -2.02. The number of aromatic nitrogens is 3. The van der Waals surface area contributed by atoms with Crippen LogP contribution >= 0.6 is 0 Å². The lowest BCUT2D eigenvalue weighted by atomic mass is 10.1. The standard InChI is InChI=1S/C12H12N4O/c1-7-15-9-5-8(3-4-11(9)17-7)10-6-14-12(13)16(10)2/h3-6H,1-2H3,(H2,13,14). The van der Waals surface area contributed by atoms with Crippen LogP contribution in [0.15, 0.2) is 28.8 Å². The van der Waals surface area contributed by atoms with Crippen molar-refractivity contribution in [2.75, 3.05) is 5.73 Å². The molecule has 2 N–H and O–H groups in total. The van der Waals surface area contributed by atoms with Gasteiger partial charge < -0.3 is 14.7 Å². The number of fused-ring (bicyclic) bond motifs is 1. The smallest absolute Gasteiger partial charge is 0.200 e. The van der Waals surface area contributed by atoms with Crippen molar-refractivity contribution in [2.24, 2.45) is 7.05 Å². The van der Waals surface area contributed by atoms with Gasteiger partial charge in [-0.1, -0.05) is 0 Å². The van der Waals surface area contributed by atoms with E-state index in [-0.39, 0.29) is 0 Å². The Morgan fingerprint density at radius 2 is 2.18 bits per heavy atom. The van der Waals surface area contributed by atoms with Gasteiger partial charge >= 0.3 is 0 Å². The van der Waals surface area contributed by atoms with E-state index < -0.39 is 0 Å². The lowest BCUT2D eigenvalue weighted by Crippen LogP contribution is -1.98. The van der Waals surface area contributed by atoms with Crippen LogP contribution in [-0.4, -0.2) is 14.5 Å². The third-order valence-corrected chi connectivity index (χ3v) is 2.81. The van der Waals surface area contributed by atoms with Gasteiger partial charge in [-0.3, -0.25) is 0 Å². The molecule has 0 saturated carbocycles. The molecule has 0 bridgehead atoms. The van der Waals surface area contributed by atoms with Crippen molar-refractivity contribution in [1.82, 2.24) is 14.5 Å². The maximum absolute atomic E-state index is 5.71. The van der Waals surface area contributed by atoms with Gasteiger partial charge in [0, 0.05) is 19.5 Å². The lowest BCUT2D eigenvalue weighted by molar-refractivity contribution is 0.561. The zero-order valence-electron chi connectivity index (χ0n) is 9.64. The molecule has 2 heterocycles. The van der Waals surface area contributed by atoms with Crippen LogP contribution < -0.4 is 5.73 Å². The normalized spacial score (nSPS) is 11.2. The van der Waals surface area contributed by atoms with E-state index in [1.165, 1.54) is 0 Å². The highest BCUT2D eigenvalue weighted by atomic mass is 16.3. The Hall–Kier alpha value is -2.30. The molecule has 0 unspecified atom stereocenters. The number of hydrogen-bond donors (Lipinski definition) is 1. The van der Waals surface area contributed by atoms with Crippen LogP contribution in [0, 0.1) is 6.92 Å². The van der Waals surface area contributed by atoms with Crippen molar-refractivity contribution in [3.63, 3.8) is 0 Å². The van der Waals surface area contributed by atoms with Crippen LogP contribution in [0.25, 0.3) is 22.4 Å². The number of rotatable bonds is 1. The minimum absolute atomic E-state index is 0.497. The molecule has 5 heteroatoms. The van der Waals surface area contributed by atoms with E-state index in [9.17, 15) is 0 Å². The number of nitrogens with zero attached hydrogens (tertiary/aromatic N) is 3. The van der Waals surface area contributed by atoms with E-state index in [0.29, 0.717) is 11.8 Å². The molecule has 0 saturated heterocycles. The molecule has 3 rings (SSSR count). The fraction of sp³-hybridized carbons (Fsp3) is 0.167. The van der Waals surface area contributed by atoms with Crippen LogP contribution in [0.5, 0.6) is 0 Å². The van der Waals surface area contributed by atoms with E-state index >= 15 is 0 Å². The van der Waals surface area contributed by atoms with Crippen molar-refractivity contribution in [3.8, 4) is 11.3 Å². The van der Waals surface area contributed by atoms with Crippen molar-refractivity contribution >= 4 is 17.0 Å². The second kappa shape index (κ2) is 3.35. The first-order valence-corrected chi connectivity index (χ1v) is 5.30. The fourth-order valence-corrected chi connectivity index (χ4v) is 1.89. The average molecular weight is 228 g/mol. The van der Waals surface area contributed by atoms with E-state index in [2.05, 4.69) is 9.97 Å². The summed E-state index contributed by atoms with van der Waals surface area (Å²) >= 11 is 0. The topological polar surface area (TPSA) is 69.9 Å². The molecule has 17 heavy (non-hydrogen) atoms. The van der Waals surface area contributed by atoms with E-state index in [1.807, 2.05) is 36.7 Å². The largest absolute Gasteiger partial charge is 0.441 e. The highest BCUT2D eigenvalue weighted by molar-refractivity contribution is 5.79. The molecule has 0 aliphatic carbocycles. The molecule has 0 amide bonds. The van der Waals surface area contributed by atoms with Crippen LogP contribution in [0.4, 0.5) is 5.95 Å². The summed E-state index contributed by atoms with van der Waals surface area (Å²) in [7, 11) is 1.88. The fourth-order valence-electron chi connectivity index (χ4n) is 1.89. The minimum atomic E-state index is 0.497. The molecule has 1 aromatic carbocycles. The Labute approximate surface area is 97.9 Å². The minimum Gasteiger partial charge on any atom is -0.441 e. The van der Waals surface area contributed by atoms with Crippen LogP contribution in [0.2, 0.25) is 0 Å². The second-order valence-electron chi connectivity index (χ2n) is 3.98. The van der Waals surface area contributed by atoms with Crippen molar-refractivity contribution in [1.29, 1.82) is 0 Å². The molecule has 5 nitrogen and oxygen atoms in total. The first-order chi connectivity index (χ1) is 8.15. The Kier molecular flexibility index (Phi) is 1.95. The molecule has 0 fully saturated rings. The van der Waals surface area contributed by atoms with Gasteiger partial charge in [0.1, 0.15) is 5.52 Å².